The minimum Gasteiger partial charge on any atom is -0.395 e. The minimum atomic E-state index is -0.0837. The van der Waals surface area contributed by atoms with Crippen molar-refractivity contribution in [3.63, 3.8) is 0 Å². The number of aliphatic hydroxyl groups is 1. The number of unbranched alkanes of at least 4 members (excludes halogenated alkanes) is 1. The van der Waals surface area contributed by atoms with E-state index in [-0.39, 0.29) is 12.2 Å². The lowest BCUT2D eigenvalue weighted by Crippen LogP contribution is -2.35. The predicted molar refractivity (Wildman–Crippen MR) is 68.4 cm³/mol. The van der Waals surface area contributed by atoms with Gasteiger partial charge in [0.1, 0.15) is 0 Å². The molecule has 0 saturated carbocycles. The fourth-order valence-electron chi connectivity index (χ4n) is 1.69. The zero-order chi connectivity index (χ0) is 12.7. The van der Waals surface area contributed by atoms with Gasteiger partial charge in [-0.15, -0.1) is 0 Å². The standard InChI is InChI=1S/C12H21N3O2/c1-3-5-7-15(9-10-16)11-12(17)14(4-2)8-6-13-11/h6,8,16H,3-5,7,9-10H2,1-2H3. The molecule has 17 heavy (non-hydrogen) atoms. The van der Waals surface area contributed by atoms with Crippen LogP contribution >= 0.6 is 0 Å². The zero-order valence-electron chi connectivity index (χ0n) is 10.6. The Hall–Kier alpha value is -1.36. The summed E-state index contributed by atoms with van der Waals surface area (Å²) in [4.78, 5) is 18.1. The molecule has 0 aromatic carbocycles. The Kier molecular flexibility index (Phi) is 5.69. The van der Waals surface area contributed by atoms with Crippen LogP contribution in [0.25, 0.3) is 0 Å². The third-order valence-electron chi connectivity index (χ3n) is 2.69. The summed E-state index contributed by atoms with van der Waals surface area (Å²) in [5.74, 6) is 0.442. The van der Waals surface area contributed by atoms with Crippen molar-refractivity contribution in [1.82, 2.24) is 9.55 Å². The molecule has 0 bridgehead atoms. The Morgan fingerprint density at radius 2 is 2.18 bits per heavy atom. The topological polar surface area (TPSA) is 58.4 Å². The van der Waals surface area contributed by atoms with E-state index in [4.69, 9.17) is 5.11 Å². The first-order chi connectivity index (χ1) is 8.24. The predicted octanol–water partition coefficient (Wildman–Crippen LogP) is 0.862. The van der Waals surface area contributed by atoms with Gasteiger partial charge in [0.2, 0.25) is 0 Å². The Labute approximate surface area is 102 Å². The lowest BCUT2D eigenvalue weighted by molar-refractivity contribution is 0.301. The van der Waals surface area contributed by atoms with E-state index in [9.17, 15) is 4.79 Å². The van der Waals surface area contributed by atoms with Crippen molar-refractivity contribution in [3.05, 3.63) is 22.7 Å². The quantitative estimate of drug-likeness (QED) is 0.767. The van der Waals surface area contributed by atoms with Gasteiger partial charge in [-0.3, -0.25) is 4.79 Å². The smallest absolute Gasteiger partial charge is 0.293 e. The van der Waals surface area contributed by atoms with E-state index in [1.165, 1.54) is 0 Å². The van der Waals surface area contributed by atoms with Gasteiger partial charge in [-0.05, 0) is 13.3 Å². The van der Waals surface area contributed by atoms with Crippen LogP contribution in [0.3, 0.4) is 0 Å². The second kappa shape index (κ2) is 7.06. The second-order valence-corrected chi connectivity index (χ2v) is 3.91. The number of aliphatic hydroxyl groups excluding tert-OH is 1. The molecule has 1 aromatic heterocycles. The molecule has 0 spiro atoms. The van der Waals surface area contributed by atoms with Crippen LogP contribution in [-0.4, -0.2) is 34.4 Å². The highest BCUT2D eigenvalue weighted by atomic mass is 16.3. The monoisotopic (exact) mass is 239 g/mol. The molecule has 0 aliphatic carbocycles. The number of aryl methyl sites for hydroxylation is 1. The number of rotatable bonds is 7. The largest absolute Gasteiger partial charge is 0.395 e. The molecule has 0 radical (unpaired) electrons. The number of anilines is 1. The van der Waals surface area contributed by atoms with Gasteiger partial charge in [0.25, 0.3) is 5.56 Å². The van der Waals surface area contributed by atoms with Crippen molar-refractivity contribution >= 4 is 5.82 Å². The summed E-state index contributed by atoms with van der Waals surface area (Å²) in [6.45, 7) is 5.90. The van der Waals surface area contributed by atoms with Crippen LogP contribution in [0.15, 0.2) is 17.2 Å². The first-order valence-electron chi connectivity index (χ1n) is 6.15. The summed E-state index contributed by atoms with van der Waals surface area (Å²) in [5, 5.41) is 9.04. The molecular weight excluding hydrogens is 218 g/mol. The van der Waals surface area contributed by atoms with Crippen LogP contribution in [0, 0.1) is 0 Å². The maximum absolute atomic E-state index is 12.1. The van der Waals surface area contributed by atoms with Gasteiger partial charge < -0.3 is 14.6 Å². The molecule has 0 atom stereocenters. The number of hydrogen-bond donors (Lipinski definition) is 1. The summed E-state index contributed by atoms with van der Waals surface area (Å²) in [6.07, 6.45) is 5.36. The molecule has 1 rings (SSSR count). The molecule has 0 unspecified atom stereocenters. The summed E-state index contributed by atoms with van der Waals surface area (Å²) in [5.41, 5.74) is -0.0837. The molecule has 1 N–H and O–H groups in total. The van der Waals surface area contributed by atoms with E-state index in [0.29, 0.717) is 18.9 Å². The van der Waals surface area contributed by atoms with Gasteiger partial charge in [-0.1, -0.05) is 13.3 Å². The minimum absolute atomic E-state index is 0.0336. The number of hydrogen-bond acceptors (Lipinski definition) is 4. The highest BCUT2D eigenvalue weighted by molar-refractivity contribution is 5.35. The Morgan fingerprint density at radius 3 is 2.76 bits per heavy atom. The van der Waals surface area contributed by atoms with E-state index in [1.54, 1.807) is 17.0 Å². The average Bonchev–Trinajstić information content (AvgIpc) is 2.35. The van der Waals surface area contributed by atoms with Crippen molar-refractivity contribution in [3.8, 4) is 0 Å². The lowest BCUT2D eigenvalue weighted by Gasteiger charge is -2.22. The van der Waals surface area contributed by atoms with Crippen molar-refractivity contribution in [2.45, 2.75) is 33.2 Å². The second-order valence-electron chi connectivity index (χ2n) is 3.91. The van der Waals surface area contributed by atoms with Crippen LogP contribution in [0.4, 0.5) is 5.82 Å². The Balaban J connectivity index is 2.96. The molecule has 0 aliphatic heterocycles. The molecule has 0 aliphatic rings. The van der Waals surface area contributed by atoms with E-state index >= 15 is 0 Å². The van der Waals surface area contributed by atoms with Crippen LogP contribution in [-0.2, 0) is 6.54 Å². The normalized spacial score (nSPS) is 10.5. The third-order valence-corrected chi connectivity index (χ3v) is 2.69. The SMILES string of the molecule is CCCCN(CCO)c1nccn(CC)c1=O. The van der Waals surface area contributed by atoms with Crippen LogP contribution < -0.4 is 10.5 Å². The van der Waals surface area contributed by atoms with Gasteiger partial charge in [0.05, 0.1) is 6.61 Å². The van der Waals surface area contributed by atoms with E-state index < -0.39 is 0 Å². The van der Waals surface area contributed by atoms with Crippen molar-refractivity contribution in [2.75, 3.05) is 24.6 Å². The van der Waals surface area contributed by atoms with Gasteiger partial charge in [-0.2, -0.15) is 0 Å². The molecule has 96 valence electrons. The molecule has 5 nitrogen and oxygen atoms in total. The summed E-state index contributed by atoms with van der Waals surface area (Å²) < 4.78 is 1.62. The molecular formula is C12H21N3O2. The third kappa shape index (κ3) is 3.56. The first-order valence-corrected chi connectivity index (χ1v) is 6.15. The van der Waals surface area contributed by atoms with Crippen LogP contribution in [0.5, 0.6) is 0 Å². The molecule has 0 fully saturated rings. The highest BCUT2D eigenvalue weighted by Gasteiger charge is 2.12. The summed E-state index contributed by atoms with van der Waals surface area (Å²) in [7, 11) is 0. The van der Waals surface area contributed by atoms with E-state index in [1.807, 2.05) is 11.8 Å². The Morgan fingerprint density at radius 1 is 1.41 bits per heavy atom. The maximum atomic E-state index is 12.1. The van der Waals surface area contributed by atoms with Crippen LogP contribution in [0.2, 0.25) is 0 Å². The van der Waals surface area contributed by atoms with Gasteiger partial charge in [0.15, 0.2) is 5.82 Å². The van der Waals surface area contributed by atoms with Crippen LogP contribution in [0.1, 0.15) is 26.7 Å². The molecule has 0 amide bonds. The zero-order valence-corrected chi connectivity index (χ0v) is 10.6. The van der Waals surface area contributed by atoms with E-state index in [2.05, 4.69) is 11.9 Å². The van der Waals surface area contributed by atoms with Gasteiger partial charge in [0, 0.05) is 32.0 Å². The lowest BCUT2D eigenvalue weighted by atomic mass is 10.3. The number of aromatic nitrogens is 2. The first kappa shape index (κ1) is 13.7. The van der Waals surface area contributed by atoms with Crippen molar-refractivity contribution < 1.29 is 5.11 Å². The van der Waals surface area contributed by atoms with Crippen molar-refractivity contribution in [2.24, 2.45) is 0 Å². The maximum Gasteiger partial charge on any atom is 0.293 e. The number of nitrogens with zero attached hydrogens (tertiary/aromatic N) is 3. The molecule has 1 heterocycles. The molecule has 5 heteroatoms. The van der Waals surface area contributed by atoms with Crippen molar-refractivity contribution in [1.29, 1.82) is 0 Å². The average molecular weight is 239 g/mol. The summed E-state index contributed by atoms with van der Waals surface area (Å²) >= 11 is 0. The fourth-order valence-corrected chi connectivity index (χ4v) is 1.69. The molecule has 0 saturated heterocycles. The van der Waals surface area contributed by atoms with Gasteiger partial charge in [-0.25, -0.2) is 4.98 Å². The highest BCUT2D eigenvalue weighted by Crippen LogP contribution is 2.05. The Bertz CT molecular complexity index is 390. The van der Waals surface area contributed by atoms with Gasteiger partial charge >= 0.3 is 0 Å². The molecule has 1 aromatic rings. The fraction of sp³-hybridized carbons (Fsp3) is 0.667. The summed E-state index contributed by atoms with van der Waals surface area (Å²) in [6, 6.07) is 0. The van der Waals surface area contributed by atoms with E-state index in [0.717, 1.165) is 19.4 Å².